The van der Waals surface area contributed by atoms with E-state index in [4.69, 9.17) is 14.1 Å². The molecule has 0 spiro atoms. The molecule has 12 heteroatoms. The predicted molar refractivity (Wildman–Crippen MR) is 131 cm³/mol. The third-order valence-electron chi connectivity index (χ3n) is 5.11. The SMILES string of the molecule is COc1cccc(-c2nc(-c3c(SCC(=O)O)nc4sccn34)[nH]c2-c2oc(C)cc(=O)c2O)c1. The van der Waals surface area contributed by atoms with Crippen molar-refractivity contribution in [1.29, 1.82) is 0 Å². The summed E-state index contributed by atoms with van der Waals surface area (Å²) in [5, 5.41) is 22.1. The number of thiazole rings is 1. The molecule has 4 aromatic heterocycles. The van der Waals surface area contributed by atoms with Crippen LogP contribution in [0.3, 0.4) is 0 Å². The van der Waals surface area contributed by atoms with Gasteiger partial charge in [-0.2, -0.15) is 0 Å². The lowest BCUT2D eigenvalue weighted by atomic mass is 10.1. The van der Waals surface area contributed by atoms with E-state index in [1.54, 1.807) is 36.6 Å². The van der Waals surface area contributed by atoms with Crippen molar-refractivity contribution in [1.82, 2.24) is 19.4 Å². The quantitative estimate of drug-likeness (QED) is 0.273. The number of ether oxygens (including phenoxy) is 1. The van der Waals surface area contributed by atoms with Gasteiger partial charge in [0.1, 0.15) is 33.6 Å². The molecule has 0 saturated heterocycles. The van der Waals surface area contributed by atoms with Gasteiger partial charge in [-0.3, -0.25) is 14.0 Å². The average molecular weight is 511 g/mol. The molecule has 0 fully saturated rings. The summed E-state index contributed by atoms with van der Waals surface area (Å²) in [6.45, 7) is 1.61. The summed E-state index contributed by atoms with van der Waals surface area (Å²) in [5.74, 6) is -0.488. The van der Waals surface area contributed by atoms with Crippen LogP contribution in [0.15, 0.2) is 56.1 Å². The molecule has 0 atom stereocenters. The van der Waals surface area contributed by atoms with Gasteiger partial charge in [0.25, 0.3) is 0 Å². The molecule has 35 heavy (non-hydrogen) atoms. The minimum Gasteiger partial charge on any atom is -0.501 e. The number of aromatic amines is 1. The van der Waals surface area contributed by atoms with E-state index >= 15 is 0 Å². The van der Waals surface area contributed by atoms with Crippen LogP contribution >= 0.6 is 23.1 Å². The molecular formula is C23H18N4O6S2. The molecule has 10 nitrogen and oxygen atoms in total. The van der Waals surface area contributed by atoms with Crippen LogP contribution in [-0.2, 0) is 4.79 Å². The number of aryl methyl sites for hydroxylation is 1. The molecule has 0 radical (unpaired) electrons. The van der Waals surface area contributed by atoms with Crippen molar-refractivity contribution in [2.45, 2.75) is 11.9 Å². The van der Waals surface area contributed by atoms with Gasteiger partial charge in [-0.05, 0) is 19.1 Å². The highest BCUT2D eigenvalue weighted by atomic mass is 32.2. The van der Waals surface area contributed by atoms with E-state index in [9.17, 15) is 19.8 Å². The number of H-pyrrole nitrogens is 1. The van der Waals surface area contributed by atoms with Crippen LogP contribution in [0.25, 0.3) is 39.2 Å². The maximum Gasteiger partial charge on any atom is 0.313 e. The number of aromatic nitrogens is 4. The van der Waals surface area contributed by atoms with E-state index < -0.39 is 17.1 Å². The topological polar surface area (TPSA) is 143 Å². The van der Waals surface area contributed by atoms with Gasteiger partial charge in [0, 0.05) is 23.2 Å². The minimum absolute atomic E-state index is 0.0580. The van der Waals surface area contributed by atoms with Gasteiger partial charge in [-0.25, -0.2) is 9.97 Å². The number of carbonyl (C=O) groups is 1. The molecule has 4 heterocycles. The lowest BCUT2D eigenvalue weighted by Crippen LogP contribution is -2.01. The first-order valence-corrected chi connectivity index (χ1v) is 12.1. The number of thioether (sulfide) groups is 1. The smallest absolute Gasteiger partial charge is 0.313 e. The minimum atomic E-state index is -0.971. The number of carboxylic acid groups (broad SMARTS) is 1. The van der Waals surface area contributed by atoms with E-state index in [-0.39, 0.29) is 17.2 Å². The summed E-state index contributed by atoms with van der Waals surface area (Å²) in [6.07, 6.45) is 1.81. The van der Waals surface area contributed by atoms with E-state index in [2.05, 4.69) is 9.97 Å². The normalized spacial score (nSPS) is 11.3. The predicted octanol–water partition coefficient (Wildman–Crippen LogP) is 4.27. The molecule has 3 N–H and O–H groups in total. The second-order valence-corrected chi connectivity index (χ2v) is 9.28. The van der Waals surface area contributed by atoms with Crippen molar-refractivity contribution in [3.8, 4) is 45.7 Å². The summed E-state index contributed by atoms with van der Waals surface area (Å²) in [4.78, 5) is 36.7. The Morgan fingerprint density at radius 2 is 2.14 bits per heavy atom. The van der Waals surface area contributed by atoms with Crippen LogP contribution in [0, 0.1) is 6.92 Å². The van der Waals surface area contributed by atoms with E-state index in [0.717, 1.165) is 11.8 Å². The van der Waals surface area contributed by atoms with Crippen molar-refractivity contribution >= 4 is 34.0 Å². The van der Waals surface area contributed by atoms with Crippen LogP contribution in [0.1, 0.15) is 5.76 Å². The van der Waals surface area contributed by atoms with Crippen LogP contribution in [0.2, 0.25) is 0 Å². The lowest BCUT2D eigenvalue weighted by molar-refractivity contribution is -0.133. The number of imidazole rings is 2. The number of benzene rings is 1. The highest BCUT2D eigenvalue weighted by Crippen LogP contribution is 2.39. The average Bonchev–Trinajstić information content (AvgIpc) is 3.54. The van der Waals surface area contributed by atoms with Crippen molar-refractivity contribution in [2.24, 2.45) is 0 Å². The standard InChI is InChI=1S/C23H18N4O6S2/c1-11-8-14(28)19(31)20(33-11)17-16(12-4-3-5-13(9-12)32-2)24-21(25-17)18-22(35-10-15(29)30)26-23-27(18)6-7-34-23/h3-9,31H,10H2,1-2H3,(H,24,25)(H,29,30). The Morgan fingerprint density at radius 1 is 1.31 bits per heavy atom. The second kappa shape index (κ2) is 8.96. The Labute approximate surface area is 205 Å². The highest BCUT2D eigenvalue weighted by Gasteiger charge is 2.26. The van der Waals surface area contributed by atoms with Crippen LogP contribution in [0.5, 0.6) is 11.5 Å². The first-order valence-electron chi connectivity index (χ1n) is 10.2. The monoisotopic (exact) mass is 510 g/mol. The fourth-order valence-electron chi connectivity index (χ4n) is 3.61. The summed E-state index contributed by atoms with van der Waals surface area (Å²) >= 11 is 2.47. The number of nitrogens with one attached hydrogen (secondary N) is 1. The van der Waals surface area contributed by atoms with Crippen LogP contribution in [-0.4, -0.2) is 48.4 Å². The van der Waals surface area contributed by atoms with Gasteiger partial charge in [0.15, 0.2) is 16.5 Å². The molecule has 0 bridgehead atoms. The highest BCUT2D eigenvalue weighted by molar-refractivity contribution is 8.00. The van der Waals surface area contributed by atoms with Gasteiger partial charge < -0.3 is 24.4 Å². The molecule has 0 aliphatic heterocycles. The Morgan fingerprint density at radius 3 is 2.91 bits per heavy atom. The van der Waals surface area contributed by atoms with Gasteiger partial charge in [-0.1, -0.05) is 23.9 Å². The molecule has 0 amide bonds. The van der Waals surface area contributed by atoms with Crippen LogP contribution in [0.4, 0.5) is 0 Å². The van der Waals surface area contributed by atoms with Crippen molar-refractivity contribution < 1.29 is 24.2 Å². The number of fused-ring (bicyclic) bond motifs is 1. The third kappa shape index (κ3) is 4.17. The Bertz CT molecular complexity index is 1630. The lowest BCUT2D eigenvalue weighted by Gasteiger charge is -2.06. The summed E-state index contributed by atoms with van der Waals surface area (Å²) in [6, 6.07) is 8.36. The molecule has 178 valence electrons. The summed E-state index contributed by atoms with van der Waals surface area (Å²) in [5.41, 5.74) is 1.31. The zero-order valence-electron chi connectivity index (χ0n) is 18.4. The number of carboxylic acids is 1. The first kappa shape index (κ1) is 22.7. The third-order valence-corrected chi connectivity index (χ3v) is 6.81. The number of nitrogens with zero attached hydrogens (tertiary/aromatic N) is 3. The molecule has 0 saturated carbocycles. The zero-order valence-corrected chi connectivity index (χ0v) is 20.1. The van der Waals surface area contributed by atoms with Gasteiger partial charge in [0.2, 0.25) is 11.2 Å². The number of aromatic hydroxyl groups is 1. The number of hydrogen-bond donors (Lipinski definition) is 3. The number of aliphatic carboxylic acids is 1. The first-order chi connectivity index (χ1) is 16.9. The molecular weight excluding hydrogens is 492 g/mol. The largest absolute Gasteiger partial charge is 0.501 e. The van der Waals surface area contributed by atoms with Gasteiger partial charge in [-0.15, -0.1) is 11.3 Å². The van der Waals surface area contributed by atoms with E-state index in [0.29, 0.717) is 44.3 Å². The Hall–Kier alpha value is -4.03. The zero-order chi connectivity index (χ0) is 24.7. The van der Waals surface area contributed by atoms with Crippen molar-refractivity contribution in [3.05, 3.63) is 57.9 Å². The molecule has 0 aliphatic rings. The number of methoxy groups -OCH3 is 1. The fraction of sp³-hybridized carbons (Fsp3) is 0.130. The summed E-state index contributed by atoms with van der Waals surface area (Å²) in [7, 11) is 1.55. The fourth-order valence-corrected chi connectivity index (χ4v) is 5.13. The molecule has 5 rings (SSSR count). The van der Waals surface area contributed by atoms with Crippen molar-refractivity contribution in [2.75, 3.05) is 12.9 Å². The summed E-state index contributed by atoms with van der Waals surface area (Å²) < 4.78 is 12.9. The van der Waals surface area contributed by atoms with Crippen molar-refractivity contribution in [3.63, 3.8) is 0 Å². The molecule has 0 unspecified atom stereocenters. The van der Waals surface area contributed by atoms with Gasteiger partial charge in [0.05, 0.1) is 12.9 Å². The second-order valence-electron chi connectivity index (χ2n) is 7.44. The van der Waals surface area contributed by atoms with Crippen LogP contribution < -0.4 is 10.2 Å². The number of hydrogen-bond acceptors (Lipinski definition) is 9. The maximum atomic E-state index is 12.3. The van der Waals surface area contributed by atoms with E-state index in [1.165, 1.54) is 17.4 Å². The Kier molecular flexibility index (Phi) is 5.83. The maximum absolute atomic E-state index is 12.3. The van der Waals surface area contributed by atoms with Gasteiger partial charge >= 0.3 is 5.97 Å². The Balaban J connectivity index is 1.77. The molecule has 1 aromatic carbocycles. The molecule has 0 aliphatic carbocycles. The van der Waals surface area contributed by atoms with E-state index in [1.807, 2.05) is 17.6 Å². The number of rotatable bonds is 7. The molecule has 5 aromatic rings.